The number of nitrogens with one attached hydrogen (secondary N) is 3. The minimum Gasteiger partial charge on any atom is -0.325 e. The molecule has 0 radical (unpaired) electrons. The van der Waals surface area contributed by atoms with Gasteiger partial charge in [0.25, 0.3) is 0 Å². The van der Waals surface area contributed by atoms with Crippen LogP contribution in [-0.4, -0.2) is 46.2 Å². The van der Waals surface area contributed by atoms with Gasteiger partial charge in [-0.05, 0) is 67.0 Å². The lowest BCUT2D eigenvalue weighted by atomic mass is 9.68. The fourth-order valence-electron chi connectivity index (χ4n) is 7.29. The third kappa shape index (κ3) is 3.40. The number of pyridine rings is 1. The lowest BCUT2D eigenvalue weighted by Crippen LogP contribution is -2.76. The first-order valence-corrected chi connectivity index (χ1v) is 13.7. The topological polar surface area (TPSA) is 103 Å². The molecular weight excluding hydrogens is 490 g/mol. The molecule has 5 aliphatic rings. The number of carbonyl (C=O) groups excluding carboxylic acids is 3. The second kappa shape index (κ2) is 8.48. The fraction of sp³-hybridized carbons (Fsp3) is 0.355. The monoisotopic (exact) mass is 521 g/mol. The van der Waals surface area contributed by atoms with Gasteiger partial charge in [0, 0.05) is 24.0 Å². The number of piperazine rings is 1. The number of hydrogen-bond acceptors (Lipinski definition) is 5. The molecule has 3 aromatic rings. The smallest absolute Gasteiger partial charge is 0.244 e. The summed E-state index contributed by atoms with van der Waals surface area (Å²) in [5.74, 6) is 0.382. The zero-order valence-corrected chi connectivity index (χ0v) is 21.9. The highest BCUT2D eigenvalue weighted by atomic mass is 16.2. The first kappa shape index (κ1) is 24.0. The predicted molar refractivity (Wildman–Crippen MR) is 147 cm³/mol. The zero-order valence-electron chi connectivity index (χ0n) is 21.9. The number of aromatic nitrogens is 1. The molecule has 8 heteroatoms. The van der Waals surface area contributed by atoms with E-state index in [0.717, 1.165) is 35.1 Å². The van der Waals surface area contributed by atoms with Crippen LogP contribution < -0.4 is 16.0 Å². The van der Waals surface area contributed by atoms with Gasteiger partial charge < -0.3 is 20.9 Å². The molecule has 2 bridgehead atoms. The standard InChI is InChI=1S/C31H31N5O3/c1-2-30-12-13-31(19-33-30,22-7-4-3-5-8-22)36(28(30)39)18-25(37)34-23-11-10-20-16-29(17-21(20)15-23)24-9-6-14-32-26(24)35-27(29)38/h3-11,14-15,33H,2,12-13,16-19H2,1H3,(H,34,37)(H,32,35,38)/t29-,30?,31?/m1/s1. The van der Waals surface area contributed by atoms with E-state index < -0.39 is 16.5 Å². The Hall–Kier alpha value is -4.04. The van der Waals surface area contributed by atoms with Crippen molar-refractivity contribution in [2.75, 3.05) is 23.7 Å². The number of carbonyl (C=O) groups is 3. The number of benzene rings is 2. The molecule has 8 rings (SSSR count). The van der Waals surface area contributed by atoms with Crippen molar-refractivity contribution in [1.29, 1.82) is 0 Å². The van der Waals surface area contributed by atoms with Crippen molar-refractivity contribution in [3.8, 4) is 0 Å². The molecule has 1 aliphatic carbocycles. The molecular formula is C31H31N5O3. The summed E-state index contributed by atoms with van der Waals surface area (Å²) in [4.78, 5) is 46.4. The van der Waals surface area contributed by atoms with E-state index in [1.807, 2.05) is 67.6 Å². The van der Waals surface area contributed by atoms with Gasteiger partial charge in [-0.1, -0.05) is 49.4 Å². The maximum atomic E-state index is 13.8. The summed E-state index contributed by atoms with van der Waals surface area (Å²) in [5, 5.41) is 9.50. The highest BCUT2D eigenvalue weighted by Gasteiger charge is 2.59. The van der Waals surface area contributed by atoms with Crippen LogP contribution in [0, 0.1) is 0 Å². The minimum atomic E-state index is -0.655. The van der Waals surface area contributed by atoms with E-state index in [0.29, 0.717) is 37.3 Å². The second-order valence-corrected chi connectivity index (χ2v) is 11.4. The molecule has 1 aromatic heterocycles. The third-order valence-electron chi connectivity index (χ3n) is 9.54. The van der Waals surface area contributed by atoms with Crippen molar-refractivity contribution in [2.24, 2.45) is 0 Å². The van der Waals surface area contributed by atoms with Gasteiger partial charge in [0.05, 0.1) is 16.5 Å². The third-order valence-corrected chi connectivity index (χ3v) is 9.54. The molecule has 39 heavy (non-hydrogen) atoms. The Morgan fingerprint density at radius 3 is 2.62 bits per heavy atom. The van der Waals surface area contributed by atoms with Gasteiger partial charge in [-0.3, -0.25) is 14.4 Å². The molecule has 0 saturated carbocycles. The summed E-state index contributed by atoms with van der Waals surface area (Å²) in [5.41, 5.74) is 2.99. The van der Waals surface area contributed by atoms with Crippen LogP contribution in [0.2, 0.25) is 0 Å². The average molecular weight is 522 g/mol. The first-order chi connectivity index (χ1) is 18.9. The molecule has 3 atom stereocenters. The normalized spacial score (nSPS) is 28.4. The molecule has 1 spiro atoms. The Labute approximate surface area is 227 Å². The molecule has 2 unspecified atom stereocenters. The number of rotatable bonds is 5. The molecule has 198 valence electrons. The van der Waals surface area contributed by atoms with Crippen LogP contribution in [0.5, 0.6) is 0 Å². The summed E-state index contributed by atoms with van der Waals surface area (Å²) in [6.45, 7) is 2.64. The van der Waals surface area contributed by atoms with Crippen LogP contribution in [0.1, 0.15) is 48.4 Å². The SMILES string of the molecule is CCC12CCC(c3ccccc3)(CN1)N(CC(=O)Nc1ccc3c(c1)C[C@@]1(C3)C(=O)Nc3ncccc31)C2=O. The Balaban J connectivity index is 1.13. The van der Waals surface area contributed by atoms with E-state index >= 15 is 0 Å². The minimum absolute atomic E-state index is 0.00285. The summed E-state index contributed by atoms with van der Waals surface area (Å²) in [7, 11) is 0. The Bertz CT molecular complexity index is 1510. The summed E-state index contributed by atoms with van der Waals surface area (Å²) >= 11 is 0. The molecule has 3 fully saturated rings. The van der Waals surface area contributed by atoms with Crippen molar-refractivity contribution >= 4 is 29.2 Å². The van der Waals surface area contributed by atoms with Crippen LogP contribution in [0.3, 0.4) is 0 Å². The highest BCUT2D eigenvalue weighted by molar-refractivity contribution is 6.06. The van der Waals surface area contributed by atoms with Crippen LogP contribution in [0.15, 0.2) is 66.9 Å². The second-order valence-electron chi connectivity index (χ2n) is 11.4. The van der Waals surface area contributed by atoms with E-state index in [4.69, 9.17) is 0 Å². The lowest BCUT2D eigenvalue weighted by molar-refractivity contribution is -0.163. The fourth-order valence-corrected chi connectivity index (χ4v) is 7.29. The van der Waals surface area contributed by atoms with Crippen LogP contribution in [0.4, 0.5) is 11.5 Å². The molecule has 3 N–H and O–H groups in total. The van der Waals surface area contributed by atoms with E-state index in [1.54, 1.807) is 11.1 Å². The Kier molecular flexibility index (Phi) is 5.23. The van der Waals surface area contributed by atoms with Gasteiger partial charge in [-0.25, -0.2) is 4.98 Å². The Morgan fingerprint density at radius 1 is 1.03 bits per heavy atom. The number of hydrogen-bond donors (Lipinski definition) is 3. The van der Waals surface area contributed by atoms with Crippen molar-refractivity contribution in [3.05, 3.63) is 89.1 Å². The van der Waals surface area contributed by atoms with E-state index in [-0.39, 0.29) is 24.3 Å². The van der Waals surface area contributed by atoms with Crippen LogP contribution in [0.25, 0.3) is 0 Å². The molecule has 3 saturated heterocycles. The van der Waals surface area contributed by atoms with E-state index in [9.17, 15) is 14.4 Å². The number of amides is 3. The summed E-state index contributed by atoms with van der Waals surface area (Å²) in [6.07, 6.45) is 5.11. The first-order valence-electron chi connectivity index (χ1n) is 13.7. The molecule has 3 amide bonds. The van der Waals surface area contributed by atoms with Gasteiger partial charge in [-0.15, -0.1) is 0 Å². The quantitative estimate of drug-likeness (QED) is 0.478. The zero-order chi connectivity index (χ0) is 26.8. The average Bonchev–Trinajstić information content (AvgIpc) is 3.48. The number of piperidine rings is 2. The van der Waals surface area contributed by atoms with E-state index in [2.05, 4.69) is 20.9 Å². The number of anilines is 2. The predicted octanol–water partition coefficient (Wildman–Crippen LogP) is 3.28. The molecule has 8 nitrogen and oxygen atoms in total. The van der Waals surface area contributed by atoms with Crippen molar-refractivity contribution in [2.45, 2.75) is 55.5 Å². The highest BCUT2D eigenvalue weighted by Crippen LogP contribution is 2.48. The maximum absolute atomic E-state index is 13.8. The van der Waals surface area contributed by atoms with Gasteiger partial charge in [-0.2, -0.15) is 0 Å². The lowest BCUT2D eigenvalue weighted by Gasteiger charge is -2.59. The summed E-state index contributed by atoms with van der Waals surface area (Å²) < 4.78 is 0. The van der Waals surface area contributed by atoms with Gasteiger partial charge in [0.2, 0.25) is 17.7 Å². The van der Waals surface area contributed by atoms with E-state index in [1.165, 1.54) is 0 Å². The largest absolute Gasteiger partial charge is 0.325 e. The Morgan fingerprint density at radius 2 is 1.85 bits per heavy atom. The van der Waals surface area contributed by atoms with Crippen molar-refractivity contribution in [1.82, 2.24) is 15.2 Å². The van der Waals surface area contributed by atoms with Gasteiger partial charge in [0.15, 0.2) is 0 Å². The summed E-state index contributed by atoms with van der Waals surface area (Å²) in [6, 6.07) is 19.7. The number of nitrogens with zero attached hydrogens (tertiary/aromatic N) is 2. The molecule has 2 aromatic carbocycles. The van der Waals surface area contributed by atoms with Crippen molar-refractivity contribution in [3.63, 3.8) is 0 Å². The van der Waals surface area contributed by atoms with Crippen LogP contribution in [-0.2, 0) is 38.2 Å². The van der Waals surface area contributed by atoms with Crippen molar-refractivity contribution < 1.29 is 14.4 Å². The molecule has 4 aliphatic heterocycles. The van der Waals surface area contributed by atoms with Gasteiger partial charge in [0.1, 0.15) is 12.4 Å². The maximum Gasteiger partial charge on any atom is 0.244 e. The molecule has 5 heterocycles. The van der Waals surface area contributed by atoms with Crippen LogP contribution >= 0.6 is 0 Å². The number of fused-ring (bicyclic) bond motifs is 6. The van der Waals surface area contributed by atoms with Gasteiger partial charge >= 0.3 is 0 Å².